The zero-order valence-corrected chi connectivity index (χ0v) is 10.8. The van der Waals surface area contributed by atoms with Crippen molar-refractivity contribution in [2.75, 3.05) is 5.32 Å². The van der Waals surface area contributed by atoms with Crippen molar-refractivity contribution in [2.45, 2.75) is 26.4 Å². The Kier molecular flexibility index (Phi) is 5.09. The van der Waals surface area contributed by atoms with Gasteiger partial charge in [-0.05, 0) is 25.1 Å². The molecule has 1 rings (SSSR count). The van der Waals surface area contributed by atoms with E-state index in [1.54, 1.807) is 6.92 Å². The maximum absolute atomic E-state index is 12.8. The van der Waals surface area contributed by atoms with Gasteiger partial charge in [0.2, 0.25) is 0 Å². The number of rotatable bonds is 4. The van der Waals surface area contributed by atoms with E-state index in [4.69, 9.17) is 16.3 Å². The molecule has 0 aliphatic rings. The van der Waals surface area contributed by atoms with Crippen molar-refractivity contribution < 1.29 is 18.7 Å². The molecule has 0 saturated heterocycles. The van der Waals surface area contributed by atoms with E-state index < -0.39 is 23.8 Å². The predicted octanol–water partition coefficient (Wildman–Crippen LogP) is 2.76. The van der Waals surface area contributed by atoms with Gasteiger partial charge in [-0.25, -0.2) is 4.39 Å². The maximum atomic E-state index is 12.8. The molecule has 0 heterocycles. The molecule has 1 aromatic rings. The van der Waals surface area contributed by atoms with Crippen molar-refractivity contribution in [2.24, 2.45) is 0 Å². The van der Waals surface area contributed by atoms with Crippen LogP contribution in [0, 0.1) is 5.82 Å². The van der Waals surface area contributed by atoms with Gasteiger partial charge in [0.15, 0.2) is 6.10 Å². The third kappa shape index (κ3) is 4.00. The first-order chi connectivity index (χ1) is 8.43. The molecular weight excluding hydrogens is 261 g/mol. The SMILES string of the molecule is CCC(=O)O[C@@H](C)C(=O)Nc1ccc(F)cc1Cl. The lowest BCUT2D eigenvalue weighted by Gasteiger charge is -2.13. The summed E-state index contributed by atoms with van der Waals surface area (Å²) < 4.78 is 17.6. The quantitative estimate of drug-likeness (QED) is 0.858. The summed E-state index contributed by atoms with van der Waals surface area (Å²) in [7, 11) is 0. The topological polar surface area (TPSA) is 55.4 Å². The summed E-state index contributed by atoms with van der Waals surface area (Å²) >= 11 is 5.75. The third-order valence-corrected chi connectivity index (χ3v) is 2.47. The highest BCUT2D eigenvalue weighted by Crippen LogP contribution is 2.22. The summed E-state index contributed by atoms with van der Waals surface area (Å²) in [5.74, 6) is -1.49. The zero-order chi connectivity index (χ0) is 13.7. The third-order valence-electron chi connectivity index (χ3n) is 2.16. The molecule has 0 bridgehead atoms. The van der Waals surface area contributed by atoms with Gasteiger partial charge in [-0.3, -0.25) is 9.59 Å². The summed E-state index contributed by atoms with van der Waals surface area (Å²) in [6, 6.07) is 3.59. The first kappa shape index (κ1) is 14.4. The molecule has 0 fully saturated rings. The number of esters is 1. The van der Waals surface area contributed by atoms with Gasteiger partial charge in [-0.15, -0.1) is 0 Å². The van der Waals surface area contributed by atoms with E-state index in [0.717, 1.165) is 6.07 Å². The van der Waals surface area contributed by atoms with Crippen molar-refractivity contribution in [1.29, 1.82) is 0 Å². The summed E-state index contributed by atoms with van der Waals surface area (Å²) in [6.07, 6.45) is -0.742. The van der Waals surface area contributed by atoms with Crippen molar-refractivity contribution >= 4 is 29.2 Å². The Labute approximate surface area is 109 Å². The van der Waals surface area contributed by atoms with Gasteiger partial charge in [0.05, 0.1) is 10.7 Å². The van der Waals surface area contributed by atoms with E-state index in [-0.39, 0.29) is 17.1 Å². The smallest absolute Gasteiger partial charge is 0.306 e. The van der Waals surface area contributed by atoms with E-state index >= 15 is 0 Å². The average molecular weight is 274 g/mol. The predicted molar refractivity (Wildman–Crippen MR) is 65.9 cm³/mol. The second kappa shape index (κ2) is 6.35. The largest absolute Gasteiger partial charge is 0.453 e. The molecule has 6 heteroatoms. The summed E-state index contributed by atoms with van der Waals surface area (Å²) in [5.41, 5.74) is 0.266. The van der Waals surface area contributed by atoms with Crippen molar-refractivity contribution in [1.82, 2.24) is 0 Å². The Hall–Kier alpha value is -1.62. The highest BCUT2D eigenvalue weighted by Gasteiger charge is 2.17. The second-order valence-electron chi connectivity index (χ2n) is 3.60. The van der Waals surface area contributed by atoms with Crippen molar-refractivity contribution in [3.8, 4) is 0 Å². The maximum Gasteiger partial charge on any atom is 0.306 e. The number of halogens is 2. The molecule has 4 nitrogen and oxygen atoms in total. The molecule has 1 atom stereocenters. The summed E-state index contributed by atoms with van der Waals surface area (Å²) in [5, 5.41) is 2.53. The lowest BCUT2D eigenvalue weighted by molar-refractivity contribution is -0.152. The number of nitrogens with one attached hydrogen (secondary N) is 1. The van der Waals surface area contributed by atoms with Gasteiger partial charge in [0, 0.05) is 6.42 Å². The Morgan fingerprint density at radius 3 is 2.72 bits per heavy atom. The molecule has 0 spiro atoms. The minimum Gasteiger partial charge on any atom is -0.453 e. The summed E-state index contributed by atoms with van der Waals surface area (Å²) in [6.45, 7) is 3.07. The molecular formula is C12H13ClFNO3. The molecule has 1 aromatic carbocycles. The van der Waals surface area contributed by atoms with Crippen LogP contribution >= 0.6 is 11.6 Å². The number of ether oxygens (including phenoxy) is 1. The van der Waals surface area contributed by atoms with Gasteiger partial charge in [0.25, 0.3) is 5.91 Å². The molecule has 0 saturated carbocycles. The van der Waals surface area contributed by atoms with Crippen LogP contribution in [0.4, 0.5) is 10.1 Å². The molecule has 0 aliphatic heterocycles. The van der Waals surface area contributed by atoms with Crippen LogP contribution in [-0.2, 0) is 14.3 Å². The van der Waals surface area contributed by atoms with Crippen LogP contribution in [-0.4, -0.2) is 18.0 Å². The molecule has 0 unspecified atom stereocenters. The molecule has 0 aromatic heterocycles. The minimum absolute atomic E-state index is 0.0809. The van der Waals surface area contributed by atoms with E-state index in [1.807, 2.05) is 0 Å². The van der Waals surface area contributed by atoms with Crippen LogP contribution in [0.15, 0.2) is 18.2 Å². The number of hydrogen-bond acceptors (Lipinski definition) is 3. The molecule has 0 aliphatic carbocycles. The number of carbonyl (C=O) groups excluding carboxylic acids is 2. The minimum atomic E-state index is -0.932. The fourth-order valence-electron chi connectivity index (χ4n) is 1.16. The molecule has 18 heavy (non-hydrogen) atoms. The number of hydrogen-bond donors (Lipinski definition) is 1. The molecule has 1 N–H and O–H groups in total. The van der Waals surface area contributed by atoms with Gasteiger partial charge in [0.1, 0.15) is 5.82 Å². The fourth-order valence-corrected chi connectivity index (χ4v) is 1.37. The lowest BCUT2D eigenvalue weighted by atomic mass is 10.3. The average Bonchev–Trinajstić information content (AvgIpc) is 2.32. The van der Waals surface area contributed by atoms with Gasteiger partial charge in [-0.2, -0.15) is 0 Å². The Balaban J connectivity index is 2.66. The van der Waals surface area contributed by atoms with Crippen molar-refractivity contribution in [3.05, 3.63) is 29.0 Å². The van der Waals surface area contributed by atoms with Gasteiger partial charge >= 0.3 is 5.97 Å². The Morgan fingerprint density at radius 1 is 1.50 bits per heavy atom. The van der Waals surface area contributed by atoms with E-state index in [1.165, 1.54) is 19.1 Å². The Bertz CT molecular complexity index is 465. The molecule has 0 radical (unpaired) electrons. The highest BCUT2D eigenvalue weighted by molar-refractivity contribution is 6.33. The molecule has 1 amide bonds. The number of anilines is 1. The van der Waals surface area contributed by atoms with Crippen LogP contribution in [0.5, 0.6) is 0 Å². The van der Waals surface area contributed by atoms with E-state index in [0.29, 0.717) is 0 Å². The van der Waals surface area contributed by atoms with E-state index in [9.17, 15) is 14.0 Å². The van der Waals surface area contributed by atoms with Gasteiger partial charge < -0.3 is 10.1 Å². The number of benzene rings is 1. The van der Waals surface area contributed by atoms with E-state index in [2.05, 4.69) is 5.32 Å². The first-order valence-electron chi connectivity index (χ1n) is 5.39. The molecule has 98 valence electrons. The van der Waals surface area contributed by atoms with Crippen LogP contribution in [0.1, 0.15) is 20.3 Å². The van der Waals surface area contributed by atoms with Gasteiger partial charge in [-0.1, -0.05) is 18.5 Å². The van der Waals surface area contributed by atoms with Crippen LogP contribution < -0.4 is 5.32 Å². The zero-order valence-electron chi connectivity index (χ0n) is 10.00. The summed E-state index contributed by atoms with van der Waals surface area (Å²) in [4.78, 5) is 22.7. The number of amides is 1. The second-order valence-corrected chi connectivity index (χ2v) is 4.01. The monoisotopic (exact) mass is 273 g/mol. The lowest BCUT2D eigenvalue weighted by Crippen LogP contribution is -2.29. The highest BCUT2D eigenvalue weighted by atomic mass is 35.5. The fraction of sp³-hybridized carbons (Fsp3) is 0.333. The normalized spacial score (nSPS) is 11.8. The van der Waals surface area contributed by atoms with Crippen LogP contribution in [0.2, 0.25) is 5.02 Å². The number of carbonyl (C=O) groups is 2. The first-order valence-corrected chi connectivity index (χ1v) is 5.77. The van der Waals surface area contributed by atoms with Crippen molar-refractivity contribution in [3.63, 3.8) is 0 Å². The van der Waals surface area contributed by atoms with Crippen LogP contribution in [0.3, 0.4) is 0 Å². The standard InChI is InChI=1S/C12H13ClFNO3/c1-3-11(16)18-7(2)12(17)15-10-5-4-8(14)6-9(10)13/h4-7H,3H2,1-2H3,(H,15,17)/t7-/m0/s1. The Morgan fingerprint density at radius 2 is 2.17 bits per heavy atom. The van der Waals surface area contributed by atoms with Crippen LogP contribution in [0.25, 0.3) is 0 Å².